The van der Waals surface area contributed by atoms with Gasteiger partial charge in [-0.25, -0.2) is 4.39 Å². The minimum Gasteiger partial charge on any atom is -0.369 e. The third kappa shape index (κ3) is 1.84. The van der Waals surface area contributed by atoms with Crippen LogP contribution in [0, 0.1) is 5.82 Å². The Morgan fingerprint density at radius 3 is 2.78 bits per heavy atom. The Kier molecular flexibility index (Phi) is 2.71. The first kappa shape index (κ1) is 11.2. The van der Waals surface area contributed by atoms with Crippen LogP contribution in [0.2, 0.25) is 0 Å². The highest BCUT2D eigenvalue weighted by Gasteiger charge is 2.29. The molecule has 0 amide bonds. The van der Waals surface area contributed by atoms with Crippen LogP contribution in [0.5, 0.6) is 0 Å². The molecular formula is C12H11FN4S. The summed E-state index contributed by atoms with van der Waals surface area (Å²) in [5.74, 6) is 0.197. The van der Waals surface area contributed by atoms with Crippen molar-refractivity contribution in [2.45, 2.75) is 6.04 Å². The number of halogens is 1. The molecule has 0 radical (unpaired) electrons. The summed E-state index contributed by atoms with van der Waals surface area (Å²) < 4.78 is 13.0. The van der Waals surface area contributed by atoms with E-state index in [0.29, 0.717) is 12.5 Å². The number of nitrogens with two attached hydrogens (primary N) is 1. The van der Waals surface area contributed by atoms with Crippen molar-refractivity contribution in [3.63, 3.8) is 0 Å². The number of anilines is 1. The molecule has 1 unspecified atom stereocenters. The monoisotopic (exact) mass is 262 g/mol. The van der Waals surface area contributed by atoms with E-state index in [1.165, 1.54) is 12.1 Å². The Labute approximate surface area is 108 Å². The summed E-state index contributed by atoms with van der Waals surface area (Å²) in [4.78, 5) is 11.3. The van der Waals surface area contributed by atoms with Crippen LogP contribution in [-0.2, 0) is 0 Å². The lowest BCUT2D eigenvalue weighted by atomic mass is 10.2. The van der Waals surface area contributed by atoms with E-state index in [9.17, 15) is 4.39 Å². The Morgan fingerprint density at radius 2 is 2.11 bits per heavy atom. The molecule has 1 aliphatic rings. The van der Waals surface area contributed by atoms with Crippen LogP contribution >= 0.6 is 11.3 Å². The Balaban J connectivity index is 1.97. The average Bonchev–Trinajstić information content (AvgIpc) is 2.99. The number of nitrogens with zero attached hydrogens (tertiary/aromatic N) is 3. The van der Waals surface area contributed by atoms with E-state index in [1.54, 1.807) is 29.0 Å². The summed E-state index contributed by atoms with van der Waals surface area (Å²) in [6.45, 7) is 0.603. The van der Waals surface area contributed by atoms with E-state index in [-0.39, 0.29) is 11.9 Å². The average molecular weight is 262 g/mol. The van der Waals surface area contributed by atoms with Crippen LogP contribution in [0.3, 0.4) is 0 Å². The van der Waals surface area contributed by atoms with Gasteiger partial charge in [0.2, 0.25) is 0 Å². The first-order valence-electron chi connectivity index (χ1n) is 5.49. The summed E-state index contributed by atoms with van der Waals surface area (Å²) in [5.41, 5.74) is 8.54. The van der Waals surface area contributed by atoms with Crippen molar-refractivity contribution in [1.82, 2.24) is 4.98 Å². The molecule has 6 heteroatoms. The molecule has 2 aromatic rings. The maximum Gasteiger partial charge on any atom is 0.196 e. The highest BCUT2D eigenvalue weighted by molar-refractivity contribution is 7.09. The van der Waals surface area contributed by atoms with Gasteiger partial charge in [0.15, 0.2) is 5.96 Å². The molecule has 0 aliphatic carbocycles. The summed E-state index contributed by atoms with van der Waals surface area (Å²) in [6, 6.07) is 6.31. The second-order valence-electron chi connectivity index (χ2n) is 3.96. The molecule has 1 aromatic carbocycles. The molecule has 92 valence electrons. The SMILES string of the molecule is NC1=NCC(c2cncs2)N1c1ccc(F)cc1. The van der Waals surface area contributed by atoms with Crippen LogP contribution in [0.4, 0.5) is 10.1 Å². The summed E-state index contributed by atoms with van der Waals surface area (Å²) in [7, 11) is 0. The molecule has 2 heterocycles. The fourth-order valence-corrected chi connectivity index (χ4v) is 2.72. The lowest BCUT2D eigenvalue weighted by Crippen LogP contribution is -2.35. The second-order valence-corrected chi connectivity index (χ2v) is 4.88. The van der Waals surface area contributed by atoms with Gasteiger partial charge in [0.25, 0.3) is 0 Å². The van der Waals surface area contributed by atoms with Crippen LogP contribution in [0.25, 0.3) is 0 Å². The molecule has 1 atom stereocenters. The molecule has 1 aliphatic heterocycles. The van der Waals surface area contributed by atoms with Gasteiger partial charge in [0, 0.05) is 16.8 Å². The van der Waals surface area contributed by atoms with E-state index in [2.05, 4.69) is 9.98 Å². The van der Waals surface area contributed by atoms with E-state index < -0.39 is 0 Å². The molecular weight excluding hydrogens is 251 g/mol. The summed E-state index contributed by atoms with van der Waals surface area (Å²) in [6.07, 6.45) is 1.82. The molecule has 0 saturated heterocycles. The van der Waals surface area contributed by atoms with Gasteiger partial charge in [-0.2, -0.15) is 0 Å². The number of aromatic nitrogens is 1. The largest absolute Gasteiger partial charge is 0.369 e. The van der Waals surface area contributed by atoms with Crippen LogP contribution in [0.1, 0.15) is 10.9 Å². The minimum absolute atomic E-state index is 0.0583. The maximum atomic E-state index is 13.0. The first-order chi connectivity index (χ1) is 8.75. The molecule has 0 spiro atoms. The van der Waals surface area contributed by atoms with Crippen LogP contribution in [-0.4, -0.2) is 17.5 Å². The Bertz CT molecular complexity index is 564. The number of aliphatic imine (C=N–C) groups is 1. The molecule has 4 nitrogen and oxygen atoms in total. The minimum atomic E-state index is -0.261. The van der Waals surface area contributed by atoms with Crippen molar-refractivity contribution in [3.8, 4) is 0 Å². The summed E-state index contributed by atoms with van der Waals surface area (Å²) in [5, 5.41) is 0. The van der Waals surface area contributed by atoms with Crippen LogP contribution in [0.15, 0.2) is 41.0 Å². The number of guanidine groups is 1. The molecule has 3 rings (SSSR count). The van der Waals surface area contributed by atoms with Gasteiger partial charge in [0.05, 0.1) is 18.1 Å². The lowest BCUT2D eigenvalue weighted by Gasteiger charge is -2.25. The van der Waals surface area contributed by atoms with Crippen molar-refractivity contribution >= 4 is 23.0 Å². The van der Waals surface area contributed by atoms with Crippen molar-refractivity contribution in [3.05, 3.63) is 46.7 Å². The van der Waals surface area contributed by atoms with Gasteiger partial charge in [-0.1, -0.05) is 0 Å². The predicted octanol–water partition coefficient (Wildman–Crippen LogP) is 2.16. The maximum absolute atomic E-state index is 13.0. The molecule has 0 bridgehead atoms. The standard InChI is InChI=1S/C12H11FN4S/c13-8-1-3-9(4-2-8)17-10(5-16-12(17)14)11-6-15-7-18-11/h1-4,6-7,10H,5H2,(H2,14,16). The number of benzene rings is 1. The number of rotatable bonds is 2. The predicted molar refractivity (Wildman–Crippen MR) is 70.2 cm³/mol. The highest BCUT2D eigenvalue weighted by Crippen LogP contribution is 2.32. The molecule has 2 N–H and O–H groups in total. The Morgan fingerprint density at radius 1 is 1.33 bits per heavy atom. The quantitative estimate of drug-likeness (QED) is 0.902. The molecule has 18 heavy (non-hydrogen) atoms. The molecule has 0 saturated carbocycles. The topological polar surface area (TPSA) is 54.5 Å². The van der Waals surface area contributed by atoms with Crippen molar-refractivity contribution in [2.24, 2.45) is 10.7 Å². The van der Waals surface area contributed by atoms with Gasteiger partial charge in [0.1, 0.15) is 5.82 Å². The number of hydrogen-bond acceptors (Lipinski definition) is 5. The van der Waals surface area contributed by atoms with Gasteiger partial charge in [-0.05, 0) is 24.3 Å². The fraction of sp³-hybridized carbons (Fsp3) is 0.167. The number of thiazole rings is 1. The van der Waals surface area contributed by atoms with Crippen LogP contribution < -0.4 is 10.6 Å². The zero-order valence-electron chi connectivity index (χ0n) is 9.45. The zero-order chi connectivity index (χ0) is 12.5. The van der Waals surface area contributed by atoms with Crippen molar-refractivity contribution in [1.29, 1.82) is 0 Å². The highest BCUT2D eigenvalue weighted by atomic mass is 32.1. The lowest BCUT2D eigenvalue weighted by molar-refractivity contribution is 0.627. The Hall–Kier alpha value is -1.95. The molecule has 0 fully saturated rings. The third-order valence-electron chi connectivity index (χ3n) is 2.87. The van der Waals surface area contributed by atoms with E-state index in [4.69, 9.17) is 5.73 Å². The smallest absolute Gasteiger partial charge is 0.196 e. The fourth-order valence-electron chi connectivity index (χ4n) is 2.02. The third-order valence-corrected chi connectivity index (χ3v) is 3.75. The zero-order valence-corrected chi connectivity index (χ0v) is 10.3. The van der Waals surface area contributed by atoms with Gasteiger partial charge < -0.3 is 10.6 Å². The van der Waals surface area contributed by atoms with E-state index >= 15 is 0 Å². The van der Waals surface area contributed by atoms with Crippen molar-refractivity contribution in [2.75, 3.05) is 11.4 Å². The number of hydrogen-bond donors (Lipinski definition) is 1. The van der Waals surface area contributed by atoms with Gasteiger partial charge >= 0.3 is 0 Å². The van der Waals surface area contributed by atoms with E-state index in [1.807, 2.05) is 11.1 Å². The normalized spacial score (nSPS) is 19.1. The second kappa shape index (κ2) is 4.38. The van der Waals surface area contributed by atoms with Gasteiger partial charge in [-0.3, -0.25) is 9.98 Å². The molecule has 1 aromatic heterocycles. The van der Waals surface area contributed by atoms with Crippen molar-refractivity contribution < 1.29 is 4.39 Å². The first-order valence-corrected chi connectivity index (χ1v) is 6.37. The van der Waals surface area contributed by atoms with E-state index in [0.717, 1.165) is 10.6 Å². The van der Waals surface area contributed by atoms with Gasteiger partial charge in [-0.15, -0.1) is 11.3 Å². The summed E-state index contributed by atoms with van der Waals surface area (Å²) >= 11 is 1.57.